The zero-order chi connectivity index (χ0) is 18.4. The molecule has 0 aromatic heterocycles. The van der Waals surface area contributed by atoms with Crippen molar-refractivity contribution in [1.29, 1.82) is 0 Å². The summed E-state index contributed by atoms with van der Waals surface area (Å²) < 4.78 is 52.1. The average molecular weight is 352 g/mol. The van der Waals surface area contributed by atoms with Gasteiger partial charge in [-0.15, -0.1) is 0 Å². The molecule has 2 aromatic rings. The lowest BCUT2D eigenvalue weighted by molar-refractivity contribution is -0.137. The van der Waals surface area contributed by atoms with Crippen molar-refractivity contribution >= 4 is 0 Å². The van der Waals surface area contributed by atoms with Crippen LogP contribution < -0.4 is 0 Å². The van der Waals surface area contributed by atoms with Gasteiger partial charge in [0.25, 0.3) is 0 Å². The van der Waals surface area contributed by atoms with Crippen molar-refractivity contribution in [3.05, 3.63) is 83.2 Å². The molecule has 0 radical (unpaired) electrons. The van der Waals surface area contributed by atoms with E-state index in [2.05, 4.69) is 0 Å². The molecule has 0 aliphatic carbocycles. The maximum Gasteiger partial charge on any atom is 0.416 e. The maximum absolute atomic E-state index is 14.2. The molecule has 0 heterocycles. The van der Waals surface area contributed by atoms with Gasteiger partial charge in [-0.25, -0.2) is 4.39 Å². The number of hydrogen-bond acceptors (Lipinski definition) is 1. The minimum absolute atomic E-state index is 0.267. The molecule has 0 aliphatic rings. The lowest BCUT2D eigenvalue weighted by atomic mass is 9.88. The van der Waals surface area contributed by atoms with Gasteiger partial charge in [0.15, 0.2) is 0 Å². The van der Waals surface area contributed by atoms with Crippen molar-refractivity contribution in [3.63, 3.8) is 0 Å². The van der Waals surface area contributed by atoms with Crippen molar-refractivity contribution in [2.45, 2.75) is 32.0 Å². The van der Waals surface area contributed by atoms with Crippen LogP contribution in [0, 0.1) is 5.92 Å². The molecule has 0 fully saturated rings. The fourth-order valence-electron chi connectivity index (χ4n) is 2.73. The molecule has 0 saturated heterocycles. The SMILES string of the molecule is C/C=C(\F)[C@@H](CCc1ccccc1)[C@@H](O)c1ccc(C(F)(F)F)cc1. The first-order valence-corrected chi connectivity index (χ1v) is 8.03. The second-order valence-corrected chi connectivity index (χ2v) is 5.87. The van der Waals surface area contributed by atoms with Gasteiger partial charge < -0.3 is 5.11 Å². The van der Waals surface area contributed by atoms with Crippen LogP contribution in [0.15, 0.2) is 66.5 Å². The van der Waals surface area contributed by atoms with Gasteiger partial charge in [-0.2, -0.15) is 13.2 Å². The first kappa shape index (κ1) is 19.2. The number of aliphatic hydroxyl groups is 1. The maximum atomic E-state index is 14.2. The smallest absolute Gasteiger partial charge is 0.388 e. The number of aliphatic hydroxyl groups excluding tert-OH is 1. The summed E-state index contributed by atoms with van der Waals surface area (Å²) in [6.45, 7) is 1.53. The van der Waals surface area contributed by atoms with E-state index >= 15 is 0 Å². The van der Waals surface area contributed by atoms with Crippen molar-refractivity contribution in [1.82, 2.24) is 0 Å². The second-order valence-electron chi connectivity index (χ2n) is 5.87. The van der Waals surface area contributed by atoms with Gasteiger partial charge in [0.2, 0.25) is 0 Å². The zero-order valence-corrected chi connectivity index (χ0v) is 13.8. The Morgan fingerprint density at radius 3 is 2.16 bits per heavy atom. The number of hydrogen-bond donors (Lipinski definition) is 1. The normalized spacial score (nSPS) is 15.0. The molecular formula is C20H20F4O. The highest BCUT2D eigenvalue weighted by atomic mass is 19.4. The minimum Gasteiger partial charge on any atom is -0.388 e. The van der Waals surface area contributed by atoms with Gasteiger partial charge >= 0.3 is 6.18 Å². The molecule has 0 aliphatic heterocycles. The van der Waals surface area contributed by atoms with E-state index in [-0.39, 0.29) is 5.56 Å². The van der Waals surface area contributed by atoms with E-state index in [0.29, 0.717) is 12.8 Å². The highest BCUT2D eigenvalue weighted by molar-refractivity contribution is 5.27. The van der Waals surface area contributed by atoms with Crippen LogP contribution in [-0.4, -0.2) is 5.11 Å². The first-order valence-electron chi connectivity index (χ1n) is 8.03. The summed E-state index contributed by atoms with van der Waals surface area (Å²) in [5.74, 6) is -1.27. The van der Waals surface area contributed by atoms with Gasteiger partial charge in [-0.3, -0.25) is 0 Å². The van der Waals surface area contributed by atoms with Crippen molar-refractivity contribution in [2.24, 2.45) is 5.92 Å². The molecule has 2 rings (SSSR count). The topological polar surface area (TPSA) is 20.2 Å². The van der Waals surface area contributed by atoms with Crippen LogP contribution in [0.3, 0.4) is 0 Å². The number of alkyl halides is 3. The van der Waals surface area contributed by atoms with Crippen LogP contribution in [0.5, 0.6) is 0 Å². The Labute approximate surface area is 144 Å². The van der Waals surface area contributed by atoms with Crippen molar-refractivity contribution in [3.8, 4) is 0 Å². The number of benzene rings is 2. The number of halogens is 4. The zero-order valence-electron chi connectivity index (χ0n) is 13.8. The van der Waals surface area contributed by atoms with Crippen LogP contribution in [0.1, 0.15) is 36.1 Å². The summed E-state index contributed by atoms with van der Waals surface area (Å²) in [7, 11) is 0. The van der Waals surface area contributed by atoms with Crippen LogP contribution in [0.4, 0.5) is 17.6 Å². The molecule has 2 atom stereocenters. The van der Waals surface area contributed by atoms with E-state index in [4.69, 9.17) is 0 Å². The molecule has 25 heavy (non-hydrogen) atoms. The van der Waals surface area contributed by atoms with Crippen LogP contribution >= 0.6 is 0 Å². The van der Waals surface area contributed by atoms with E-state index in [9.17, 15) is 22.7 Å². The predicted molar refractivity (Wildman–Crippen MR) is 89.5 cm³/mol. The van der Waals surface area contributed by atoms with Gasteiger partial charge in [0, 0.05) is 5.92 Å². The van der Waals surface area contributed by atoms with E-state index in [1.54, 1.807) is 0 Å². The Morgan fingerprint density at radius 2 is 1.64 bits per heavy atom. The van der Waals surface area contributed by atoms with E-state index in [0.717, 1.165) is 17.7 Å². The standard InChI is InChI=1S/C20H20F4O/c1-2-18(21)17(13-8-14-6-4-3-5-7-14)19(25)15-9-11-16(12-10-15)20(22,23)24/h2-7,9-12,17,19,25H,8,13H2,1H3/b18-2-/t17-,19+/m1/s1. The molecule has 0 saturated carbocycles. The third kappa shape index (κ3) is 5.16. The van der Waals surface area contributed by atoms with Gasteiger partial charge in [0.05, 0.1) is 11.7 Å². The predicted octanol–water partition coefficient (Wildman–Crippen LogP) is 5.86. The number of allylic oxidation sites excluding steroid dienone is 1. The Bertz CT molecular complexity index is 690. The Morgan fingerprint density at radius 1 is 1.04 bits per heavy atom. The molecule has 5 heteroatoms. The van der Waals surface area contributed by atoms with Crippen LogP contribution in [0.25, 0.3) is 0 Å². The van der Waals surface area contributed by atoms with Gasteiger partial charge in [-0.05, 0) is 43.0 Å². The third-order valence-electron chi connectivity index (χ3n) is 4.18. The average Bonchev–Trinajstić information content (AvgIpc) is 2.61. The molecule has 0 amide bonds. The molecule has 0 unspecified atom stereocenters. The van der Waals surface area contributed by atoms with Crippen molar-refractivity contribution in [2.75, 3.05) is 0 Å². The Balaban J connectivity index is 2.16. The summed E-state index contributed by atoms with van der Waals surface area (Å²) >= 11 is 0. The fraction of sp³-hybridized carbons (Fsp3) is 0.300. The van der Waals surface area contributed by atoms with Crippen LogP contribution in [0.2, 0.25) is 0 Å². The first-order chi connectivity index (χ1) is 11.8. The molecule has 1 nitrogen and oxygen atoms in total. The Kier molecular flexibility index (Phi) is 6.37. The molecule has 0 spiro atoms. The summed E-state index contributed by atoms with van der Waals surface area (Å²) in [5, 5.41) is 10.5. The highest BCUT2D eigenvalue weighted by Gasteiger charge is 2.31. The lowest BCUT2D eigenvalue weighted by Gasteiger charge is -2.22. The molecule has 2 aromatic carbocycles. The molecular weight excluding hydrogens is 332 g/mol. The summed E-state index contributed by atoms with van der Waals surface area (Å²) in [6.07, 6.45) is -3.46. The fourth-order valence-corrected chi connectivity index (χ4v) is 2.73. The molecule has 0 bridgehead atoms. The van der Waals surface area contributed by atoms with Gasteiger partial charge in [-0.1, -0.05) is 48.5 Å². The molecule has 134 valence electrons. The summed E-state index contributed by atoms with van der Waals surface area (Å²) in [5.41, 5.74) is 0.481. The molecule has 1 N–H and O–H groups in total. The second kappa shape index (κ2) is 8.30. The lowest BCUT2D eigenvalue weighted by Crippen LogP contribution is -2.15. The van der Waals surface area contributed by atoms with E-state index < -0.39 is 29.6 Å². The van der Waals surface area contributed by atoms with E-state index in [1.165, 1.54) is 25.1 Å². The van der Waals surface area contributed by atoms with E-state index in [1.807, 2.05) is 30.3 Å². The van der Waals surface area contributed by atoms with Crippen molar-refractivity contribution < 1.29 is 22.7 Å². The third-order valence-corrected chi connectivity index (χ3v) is 4.18. The summed E-state index contributed by atoms with van der Waals surface area (Å²) in [4.78, 5) is 0. The van der Waals surface area contributed by atoms with Crippen LogP contribution in [-0.2, 0) is 12.6 Å². The Hall–Kier alpha value is -2.14. The largest absolute Gasteiger partial charge is 0.416 e. The number of rotatable bonds is 6. The number of aryl methyl sites for hydroxylation is 1. The van der Waals surface area contributed by atoms with Gasteiger partial charge in [0.1, 0.15) is 5.83 Å². The summed E-state index contributed by atoms with van der Waals surface area (Å²) in [6, 6.07) is 13.7. The quantitative estimate of drug-likeness (QED) is 0.646. The monoisotopic (exact) mass is 352 g/mol. The minimum atomic E-state index is -4.44. The highest BCUT2D eigenvalue weighted by Crippen LogP contribution is 2.35.